The van der Waals surface area contributed by atoms with Crippen molar-refractivity contribution in [3.05, 3.63) is 106 Å². The Morgan fingerprint density at radius 2 is 1.60 bits per heavy atom. The van der Waals surface area contributed by atoms with Gasteiger partial charge in [-0.15, -0.1) is 0 Å². The Kier molecular flexibility index (Phi) is 7.76. The third-order valence-electron chi connectivity index (χ3n) is 6.53. The average Bonchev–Trinajstić information content (AvgIpc) is 2.90. The van der Waals surface area contributed by atoms with E-state index < -0.39 is 6.04 Å². The maximum absolute atomic E-state index is 13.6. The van der Waals surface area contributed by atoms with Gasteiger partial charge >= 0.3 is 0 Å². The van der Waals surface area contributed by atoms with Gasteiger partial charge in [0, 0.05) is 12.1 Å². The molecule has 0 bridgehead atoms. The van der Waals surface area contributed by atoms with Crippen LogP contribution in [0.15, 0.2) is 83.7 Å². The zero-order valence-electron chi connectivity index (χ0n) is 20.8. The maximum Gasteiger partial charge on any atom is 0.266 e. The number of benzene rings is 3. The van der Waals surface area contributed by atoms with Crippen LogP contribution < -0.4 is 5.56 Å². The second kappa shape index (κ2) is 11.1. The summed E-state index contributed by atoms with van der Waals surface area (Å²) >= 11 is 0. The molecule has 0 saturated carbocycles. The second-order valence-corrected chi connectivity index (χ2v) is 8.88. The van der Waals surface area contributed by atoms with E-state index in [-0.39, 0.29) is 11.5 Å². The molecule has 3 aromatic carbocycles. The Morgan fingerprint density at radius 1 is 0.914 bits per heavy atom. The van der Waals surface area contributed by atoms with Crippen LogP contribution in [0.5, 0.6) is 0 Å². The van der Waals surface area contributed by atoms with Gasteiger partial charge in [0.2, 0.25) is 0 Å². The van der Waals surface area contributed by atoms with Crippen LogP contribution in [0.1, 0.15) is 67.8 Å². The van der Waals surface area contributed by atoms with Crippen LogP contribution in [0.25, 0.3) is 16.6 Å². The van der Waals surface area contributed by atoms with Gasteiger partial charge in [-0.1, -0.05) is 62.2 Å². The number of hydrogen-bond acceptors (Lipinski definition) is 3. The van der Waals surface area contributed by atoms with Gasteiger partial charge in [0.15, 0.2) is 0 Å². The Morgan fingerprint density at radius 3 is 2.29 bits per heavy atom. The zero-order chi connectivity index (χ0) is 24.8. The average molecular weight is 468 g/mol. The summed E-state index contributed by atoms with van der Waals surface area (Å²) in [6.45, 7) is 6.59. The highest BCUT2D eigenvalue weighted by Gasteiger charge is 2.26. The molecule has 1 aromatic heterocycles. The number of unbranched alkanes of at least 4 members (excludes halogenated alkanes) is 2. The van der Waals surface area contributed by atoms with Crippen LogP contribution in [-0.2, 0) is 6.42 Å². The SMILES string of the molecule is CCCCCc1ccc(C(=O)N(CC)C(C)c2nc3ccccc3c(=O)n2-c2ccccc2)cc1. The lowest BCUT2D eigenvalue weighted by Gasteiger charge is -2.29. The first-order valence-electron chi connectivity index (χ1n) is 12.5. The van der Waals surface area contributed by atoms with Crippen molar-refractivity contribution in [3.63, 3.8) is 0 Å². The summed E-state index contributed by atoms with van der Waals surface area (Å²) in [5, 5.41) is 0.556. The fraction of sp³-hybridized carbons (Fsp3) is 0.300. The molecule has 0 N–H and O–H groups in total. The van der Waals surface area contributed by atoms with Crippen LogP contribution >= 0.6 is 0 Å². The first-order chi connectivity index (χ1) is 17.0. The summed E-state index contributed by atoms with van der Waals surface area (Å²) in [6, 6.07) is 24.4. The number of amides is 1. The zero-order valence-corrected chi connectivity index (χ0v) is 20.8. The molecule has 5 heteroatoms. The van der Waals surface area contributed by atoms with E-state index in [1.807, 2.05) is 74.5 Å². The Labute approximate surface area is 207 Å². The number of hydrogen-bond donors (Lipinski definition) is 0. The number of nitrogens with zero attached hydrogens (tertiary/aromatic N) is 3. The molecule has 35 heavy (non-hydrogen) atoms. The lowest BCUT2D eigenvalue weighted by atomic mass is 10.0. The fourth-order valence-electron chi connectivity index (χ4n) is 4.55. The first-order valence-corrected chi connectivity index (χ1v) is 12.5. The minimum atomic E-state index is -0.408. The smallest absolute Gasteiger partial charge is 0.266 e. The normalized spacial score (nSPS) is 12.0. The van der Waals surface area contributed by atoms with E-state index in [9.17, 15) is 9.59 Å². The van der Waals surface area contributed by atoms with Crippen molar-refractivity contribution in [2.45, 2.75) is 52.5 Å². The van der Waals surface area contributed by atoms with Gasteiger partial charge < -0.3 is 4.90 Å². The summed E-state index contributed by atoms with van der Waals surface area (Å²) in [5.41, 5.74) is 3.13. The summed E-state index contributed by atoms with van der Waals surface area (Å²) in [5.74, 6) is 0.480. The van der Waals surface area contributed by atoms with Crippen LogP contribution in [-0.4, -0.2) is 26.9 Å². The summed E-state index contributed by atoms with van der Waals surface area (Å²) in [4.78, 5) is 33.8. The first kappa shape index (κ1) is 24.4. The van der Waals surface area contributed by atoms with E-state index in [4.69, 9.17) is 4.98 Å². The van der Waals surface area contributed by atoms with Gasteiger partial charge in [-0.3, -0.25) is 14.2 Å². The highest BCUT2D eigenvalue weighted by atomic mass is 16.2. The molecule has 180 valence electrons. The topological polar surface area (TPSA) is 55.2 Å². The van der Waals surface area contributed by atoms with E-state index in [1.165, 1.54) is 18.4 Å². The van der Waals surface area contributed by atoms with Crippen molar-refractivity contribution in [1.29, 1.82) is 0 Å². The van der Waals surface area contributed by atoms with Crippen molar-refractivity contribution in [2.24, 2.45) is 0 Å². The summed E-state index contributed by atoms with van der Waals surface area (Å²) < 4.78 is 1.64. The quantitative estimate of drug-likeness (QED) is 0.270. The molecular formula is C30H33N3O2. The van der Waals surface area contributed by atoms with Crippen molar-refractivity contribution in [3.8, 4) is 5.69 Å². The number of rotatable bonds is 9. The number of aryl methyl sites for hydroxylation is 1. The fourth-order valence-corrected chi connectivity index (χ4v) is 4.55. The van der Waals surface area contributed by atoms with Crippen LogP contribution in [0.2, 0.25) is 0 Å². The standard InChI is InChI=1S/C30H33N3O2/c1-4-6-8-13-23-18-20-24(21-19-23)29(34)32(5-2)22(3)28-31-27-17-12-11-16-26(27)30(35)33(28)25-14-9-7-10-15-25/h7,9-12,14-22H,4-6,8,13H2,1-3H3. The molecule has 0 fully saturated rings. The van der Waals surface area contributed by atoms with Gasteiger partial charge in [0.1, 0.15) is 5.82 Å². The van der Waals surface area contributed by atoms with Gasteiger partial charge in [0.05, 0.1) is 22.6 Å². The molecular weight excluding hydrogens is 434 g/mol. The molecule has 0 aliphatic carbocycles. The van der Waals surface area contributed by atoms with Crippen molar-refractivity contribution < 1.29 is 4.79 Å². The number of carbonyl (C=O) groups excluding carboxylic acids is 1. The highest BCUT2D eigenvalue weighted by molar-refractivity contribution is 5.94. The van der Waals surface area contributed by atoms with Crippen LogP contribution in [0.3, 0.4) is 0 Å². The van der Waals surface area contributed by atoms with E-state index in [1.54, 1.807) is 15.5 Å². The maximum atomic E-state index is 13.6. The van der Waals surface area contributed by atoms with E-state index in [0.717, 1.165) is 18.5 Å². The van der Waals surface area contributed by atoms with Crippen LogP contribution in [0, 0.1) is 0 Å². The van der Waals surface area contributed by atoms with Gasteiger partial charge in [-0.25, -0.2) is 4.98 Å². The van der Waals surface area contributed by atoms with E-state index in [0.29, 0.717) is 28.8 Å². The highest BCUT2D eigenvalue weighted by Crippen LogP contribution is 2.24. The summed E-state index contributed by atoms with van der Waals surface area (Å²) in [6.07, 6.45) is 4.59. The van der Waals surface area contributed by atoms with E-state index >= 15 is 0 Å². The molecule has 1 atom stereocenters. The number of fused-ring (bicyclic) bond motifs is 1. The largest absolute Gasteiger partial charge is 0.329 e. The molecule has 1 unspecified atom stereocenters. The minimum Gasteiger partial charge on any atom is -0.329 e. The number of aromatic nitrogens is 2. The van der Waals surface area contributed by atoms with Crippen LogP contribution in [0.4, 0.5) is 0 Å². The molecule has 0 saturated heterocycles. The Hall–Kier alpha value is -3.73. The molecule has 4 rings (SSSR count). The van der Waals surface area contributed by atoms with Gasteiger partial charge in [-0.05, 0) is 68.7 Å². The monoisotopic (exact) mass is 467 g/mol. The summed E-state index contributed by atoms with van der Waals surface area (Å²) in [7, 11) is 0. The lowest BCUT2D eigenvalue weighted by molar-refractivity contribution is 0.0693. The predicted octanol–water partition coefficient (Wildman–Crippen LogP) is 6.34. The second-order valence-electron chi connectivity index (χ2n) is 8.88. The van der Waals surface area contributed by atoms with Crippen molar-refractivity contribution in [2.75, 3.05) is 6.54 Å². The van der Waals surface area contributed by atoms with E-state index in [2.05, 4.69) is 19.1 Å². The predicted molar refractivity (Wildman–Crippen MR) is 142 cm³/mol. The third-order valence-corrected chi connectivity index (χ3v) is 6.53. The Bertz CT molecular complexity index is 1340. The van der Waals surface area contributed by atoms with Crippen molar-refractivity contribution >= 4 is 16.8 Å². The van der Waals surface area contributed by atoms with Gasteiger partial charge in [0.25, 0.3) is 11.5 Å². The lowest BCUT2D eigenvalue weighted by Crippen LogP contribution is -2.37. The molecule has 1 heterocycles. The van der Waals surface area contributed by atoms with Gasteiger partial charge in [-0.2, -0.15) is 0 Å². The third kappa shape index (κ3) is 5.19. The molecule has 0 spiro atoms. The number of carbonyl (C=O) groups is 1. The molecule has 4 aromatic rings. The minimum absolute atomic E-state index is 0.0675. The molecule has 0 radical (unpaired) electrons. The molecule has 1 amide bonds. The Balaban J connectivity index is 1.72. The molecule has 0 aliphatic rings. The molecule has 5 nitrogen and oxygen atoms in total. The molecule has 0 aliphatic heterocycles. The van der Waals surface area contributed by atoms with Crippen molar-refractivity contribution in [1.82, 2.24) is 14.5 Å². The number of para-hydroxylation sites is 2.